The number of ether oxygens (including phenoxy) is 1. The summed E-state index contributed by atoms with van der Waals surface area (Å²) >= 11 is 5.92. The molecule has 1 aromatic heterocycles. The average molecular weight is 255 g/mol. The maximum Gasteiger partial charge on any atom is 0.341 e. The molecule has 6 nitrogen and oxygen atoms in total. The molecule has 0 fully saturated rings. The van der Waals surface area contributed by atoms with Gasteiger partial charge in [-0.25, -0.2) is 18.9 Å². The van der Waals surface area contributed by atoms with Gasteiger partial charge >= 0.3 is 5.97 Å². The fraction of sp³-hybridized carbons (Fsp3) is 0.300. The lowest BCUT2D eigenvalue weighted by Gasteiger charge is -2.21. The van der Waals surface area contributed by atoms with Crippen LogP contribution in [0.3, 0.4) is 0 Å². The number of rotatable bonds is 3. The summed E-state index contributed by atoms with van der Waals surface area (Å²) in [6.45, 7) is 2.08. The summed E-state index contributed by atoms with van der Waals surface area (Å²) in [6, 6.07) is 0. The monoisotopic (exact) mass is 254 g/mol. The molecule has 0 spiro atoms. The smallest absolute Gasteiger partial charge is 0.341 e. The lowest BCUT2D eigenvalue weighted by Crippen LogP contribution is -2.21. The van der Waals surface area contributed by atoms with Crippen LogP contribution in [-0.4, -0.2) is 33.0 Å². The largest absolute Gasteiger partial charge is 0.462 e. The summed E-state index contributed by atoms with van der Waals surface area (Å²) < 4.78 is 7.71. The van der Waals surface area contributed by atoms with Gasteiger partial charge in [0, 0.05) is 30.4 Å². The second-order valence-electron chi connectivity index (χ2n) is 3.26. The molecule has 2 rings (SSSR count). The number of aromatic nitrogens is 2. The number of aliphatic imine (C=N–C) groups is 1. The van der Waals surface area contributed by atoms with Gasteiger partial charge in [0.1, 0.15) is 0 Å². The van der Waals surface area contributed by atoms with E-state index in [1.165, 1.54) is 15.3 Å². The van der Waals surface area contributed by atoms with Crippen molar-refractivity contribution in [2.24, 2.45) is 4.99 Å². The Labute approximate surface area is 103 Å². The molecule has 2 heterocycles. The number of allylic oxidation sites excluding steroid dienone is 1. The van der Waals surface area contributed by atoms with Crippen molar-refractivity contribution >= 4 is 24.0 Å². The molecular weight excluding hydrogens is 244 g/mol. The van der Waals surface area contributed by atoms with Crippen LogP contribution in [0.4, 0.5) is 0 Å². The molecule has 1 aromatic rings. The van der Waals surface area contributed by atoms with E-state index in [2.05, 4.69) is 10.1 Å². The number of carbonyl (C=O) groups is 1. The Hall–Kier alpha value is -1.82. The number of nitrogens with zero attached hydrogens (tertiary/aromatic N) is 4. The molecule has 0 saturated carbocycles. The summed E-state index contributed by atoms with van der Waals surface area (Å²) in [4.78, 5) is 15.6. The van der Waals surface area contributed by atoms with Crippen LogP contribution in [-0.2, 0) is 4.74 Å². The van der Waals surface area contributed by atoms with Gasteiger partial charge in [0.15, 0.2) is 0 Å². The predicted octanol–water partition coefficient (Wildman–Crippen LogP) is 1.57. The van der Waals surface area contributed by atoms with Crippen LogP contribution < -0.4 is 0 Å². The van der Waals surface area contributed by atoms with Crippen molar-refractivity contribution in [3.8, 4) is 0 Å². The Balaban J connectivity index is 2.15. The average Bonchev–Trinajstić information content (AvgIpc) is 2.79. The minimum Gasteiger partial charge on any atom is -0.462 e. The molecule has 0 N–H and O–H groups in total. The summed E-state index contributed by atoms with van der Waals surface area (Å²) in [5.41, 5.74) is 0.377. The van der Waals surface area contributed by atoms with Gasteiger partial charge in [-0.1, -0.05) is 0 Å². The van der Waals surface area contributed by atoms with Crippen molar-refractivity contribution < 1.29 is 9.53 Å². The first-order chi connectivity index (χ1) is 8.22. The fourth-order valence-corrected chi connectivity index (χ4v) is 1.56. The van der Waals surface area contributed by atoms with E-state index in [9.17, 15) is 4.79 Å². The Morgan fingerprint density at radius 3 is 3.18 bits per heavy atom. The van der Waals surface area contributed by atoms with Crippen LogP contribution in [0.5, 0.6) is 0 Å². The predicted molar refractivity (Wildman–Crippen MR) is 62.5 cm³/mol. The summed E-state index contributed by atoms with van der Waals surface area (Å²) in [5, 5.41) is 4.04. The zero-order chi connectivity index (χ0) is 12.3. The molecule has 1 aliphatic heterocycles. The van der Waals surface area contributed by atoms with Crippen LogP contribution in [0.15, 0.2) is 29.7 Å². The van der Waals surface area contributed by atoms with Crippen molar-refractivity contribution in [2.75, 3.05) is 6.61 Å². The summed E-state index contributed by atoms with van der Waals surface area (Å²) in [6.07, 6.45) is 7.48. The minimum atomic E-state index is -0.482. The van der Waals surface area contributed by atoms with E-state index < -0.39 is 12.3 Å². The molecule has 90 valence electrons. The molecule has 7 heteroatoms. The molecule has 1 aliphatic rings. The quantitative estimate of drug-likeness (QED) is 0.607. The highest BCUT2D eigenvalue weighted by Crippen LogP contribution is 2.19. The number of hydrogen-bond acceptors (Lipinski definition) is 5. The van der Waals surface area contributed by atoms with Crippen molar-refractivity contribution in [2.45, 2.75) is 13.2 Å². The van der Waals surface area contributed by atoms with E-state index in [-0.39, 0.29) is 0 Å². The van der Waals surface area contributed by atoms with Gasteiger partial charge in [-0.05, 0) is 13.0 Å². The molecule has 0 radical (unpaired) electrons. The highest BCUT2D eigenvalue weighted by molar-refractivity contribution is 6.14. The van der Waals surface area contributed by atoms with Gasteiger partial charge in [0.2, 0.25) is 6.29 Å². The first-order valence-corrected chi connectivity index (χ1v) is 5.41. The van der Waals surface area contributed by atoms with Gasteiger partial charge in [-0.15, -0.1) is 0 Å². The third-order valence-electron chi connectivity index (χ3n) is 2.10. The SMILES string of the molecule is CCOC(=O)c1cnn(C2N=CC=CN2Cl)c1. The normalized spacial score (nSPS) is 18.5. The number of hydrogen-bond donors (Lipinski definition) is 0. The molecule has 0 aliphatic carbocycles. The van der Waals surface area contributed by atoms with Crippen LogP contribution in [0.2, 0.25) is 0 Å². The van der Waals surface area contributed by atoms with Crippen LogP contribution in [0, 0.1) is 0 Å². The summed E-state index contributed by atoms with van der Waals surface area (Å²) in [5.74, 6) is -0.407. The van der Waals surface area contributed by atoms with Crippen LogP contribution >= 0.6 is 11.8 Å². The zero-order valence-electron chi connectivity index (χ0n) is 9.15. The van der Waals surface area contributed by atoms with E-state index in [0.717, 1.165) is 0 Å². The minimum absolute atomic E-state index is 0.329. The highest BCUT2D eigenvalue weighted by Gasteiger charge is 2.19. The molecule has 0 saturated heterocycles. The first-order valence-electron chi connectivity index (χ1n) is 5.07. The Morgan fingerprint density at radius 2 is 2.47 bits per heavy atom. The van der Waals surface area contributed by atoms with E-state index in [1.807, 2.05) is 0 Å². The molecule has 1 unspecified atom stereocenters. The number of carbonyl (C=O) groups excluding carboxylic acids is 1. The zero-order valence-corrected chi connectivity index (χ0v) is 9.91. The lowest BCUT2D eigenvalue weighted by molar-refractivity contribution is 0.0526. The fourth-order valence-electron chi connectivity index (χ4n) is 1.35. The van der Waals surface area contributed by atoms with E-state index in [1.54, 1.807) is 31.6 Å². The van der Waals surface area contributed by atoms with Gasteiger partial charge < -0.3 is 4.74 Å². The van der Waals surface area contributed by atoms with Crippen LogP contribution in [0.1, 0.15) is 23.6 Å². The topological polar surface area (TPSA) is 59.7 Å². The second kappa shape index (κ2) is 5.01. The molecule has 0 bridgehead atoms. The first kappa shape index (κ1) is 11.7. The van der Waals surface area contributed by atoms with E-state index in [4.69, 9.17) is 16.5 Å². The van der Waals surface area contributed by atoms with Crippen LogP contribution in [0.25, 0.3) is 0 Å². The lowest BCUT2D eigenvalue weighted by atomic mass is 10.4. The maximum atomic E-state index is 11.4. The molecule has 0 aromatic carbocycles. The Kier molecular flexibility index (Phi) is 3.43. The molecular formula is C10H11ClN4O2. The molecule has 0 amide bonds. The van der Waals surface area contributed by atoms with Crippen molar-refractivity contribution in [3.05, 3.63) is 30.2 Å². The van der Waals surface area contributed by atoms with Gasteiger partial charge in [0.25, 0.3) is 0 Å². The van der Waals surface area contributed by atoms with E-state index in [0.29, 0.717) is 12.2 Å². The molecule has 1 atom stereocenters. The number of halogens is 1. The van der Waals surface area contributed by atoms with Gasteiger partial charge in [-0.2, -0.15) is 5.10 Å². The number of esters is 1. The van der Waals surface area contributed by atoms with E-state index >= 15 is 0 Å². The highest BCUT2D eigenvalue weighted by atomic mass is 35.5. The van der Waals surface area contributed by atoms with Crippen molar-refractivity contribution in [1.82, 2.24) is 14.2 Å². The van der Waals surface area contributed by atoms with Gasteiger partial charge in [-0.3, -0.25) is 0 Å². The third-order valence-corrected chi connectivity index (χ3v) is 2.39. The second-order valence-corrected chi connectivity index (χ2v) is 3.65. The maximum absolute atomic E-state index is 11.4. The Morgan fingerprint density at radius 1 is 1.65 bits per heavy atom. The van der Waals surface area contributed by atoms with Crippen molar-refractivity contribution in [3.63, 3.8) is 0 Å². The van der Waals surface area contributed by atoms with Crippen molar-refractivity contribution in [1.29, 1.82) is 0 Å². The Bertz CT molecular complexity index is 469. The molecule has 17 heavy (non-hydrogen) atoms. The van der Waals surface area contributed by atoms with Gasteiger partial charge in [0.05, 0.1) is 18.4 Å². The summed E-state index contributed by atoms with van der Waals surface area (Å²) in [7, 11) is 0. The standard InChI is InChI=1S/C10H11ClN4O2/c1-2-17-9(16)8-6-13-15(7-8)10-12-4-3-5-14(10)11/h3-7,10H,2H2,1H3. The third kappa shape index (κ3) is 2.47.